The molecule has 1 aliphatic rings. The first-order chi connectivity index (χ1) is 13.7. The molecule has 0 saturated carbocycles. The van der Waals surface area contributed by atoms with Crippen molar-refractivity contribution in [2.75, 3.05) is 19.5 Å². The van der Waals surface area contributed by atoms with Gasteiger partial charge in [0.25, 0.3) is 0 Å². The zero-order chi connectivity index (χ0) is 19.5. The van der Waals surface area contributed by atoms with Gasteiger partial charge in [-0.2, -0.15) is 16.9 Å². The van der Waals surface area contributed by atoms with Crippen LogP contribution in [0, 0.1) is 0 Å². The van der Waals surface area contributed by atoms with Crippen molar-refractivity contribution in [2.45, 2.75) is 17.9 Å². The van der Waals surface area contributed by atoms with E-state index in [1.165, 1.54) is 0 Å². The van der Waals surface area contributed by atoms with Crippen molar-refractivity contribution in [3.8, 4) is 17.2 Å². The molecule has 0 aliphatic carbocycles. The van der Waals surface area contributed by atoms with E-state index in [2.05, 4.69) is 5.32 Å². The van der Waals surface area contributed by atoms with Crippen molar-refractivity contribution in [3.05, 3.63) is 65.4 Å². The average molecular weight is 395 g/mol. The minimum atomic E-state index is -0.0699. The number of ether oxygens (including phenoxy) is 2. The Morgan fingerprint density at radius 2 is 1.68 bits per heavy atom. The van der Waals surface area contributed by atoms with Gasteiger partial charge in [-0.3, -0.25) is 4.79 Å². The summed E-state index contributed by atoms with van der Waals surface area (Å²) in [6, 6.07) is 15.2. The number of fused-ring (bicyclic) bond motifs is 1. The van der Waals surface area contributed by atoms with E-state index in [1.54, 1.807) is 14.2 Å². The maximum Gasteiger partial charge on any atom is 0.229 e. The summed E-state index contributed by atoms with van der Waals surface area (Å²) >= 11 is 1.81. The third kappa shape index (κ3) is 3.71. The molecular formula is C21H21N3O3S. The number of rotatable bonds is 6. The first-order valence-electron chi connectivity index (χ1n) is 8.93. The summed E-state index contributed by atoms with van der Waals surface area (Å²) in [6.07, 6.45) is 0.291. The first-order valence-corrected chi connectivity index (χ1v) is 10.1. The third-order valence-corrected chi connectivity index (χ3v) is 5.62. The number of thioether (sulfide) groups is 1. The van der Waals surface area contributed by atoms with E-state index in [1.807, 2.05) is 65.0 Å². The quantitative estimate of drug-likeness (QED) is 0.687. The summed E-state index contributed by atoms with van der Waals surface area (Å²) in [4.78, 5) is 12.7. The summed E-state index contributed by atoms with van der Waals surface area (Å²) in [6.45, 7) is 0. The van der Waals surface area contributed by atoms with E-state index in [-0.39, 0.29) is 5.91 Å². The largest absolute Gasteiger partial charge is 0.497 e. The van der Waals surface area contributed by atoms with Gasteiger partial charge >= 0.3 is 0 Å². The molecule has 0 fully saturated rings. The molecule has 4 rings (SSSR count). The molecule has 6 nitrogen and oxygen atoms in total. The number of carbonyl (C=O) groups is 1. The van der Waals surface area contributed by atoms with Gasteiger partial charge in [-0.05, 0) is 42.0 Å². The average Bonchev–Trinajstić information content (AvgIpc) is 3.31. The van der Waals surface area contributed by atoms with Crippen molar-refractivity contribution in [1.82, 2.24) is 9.78 Å². The van der Waals surface area contributed by atoms with Gasteiger partial charge in [-0.1, -0.05) is 12.1 Å². The molecule has 2 aromatic carbocycles. The predicted octanol–water partition coefficient (Wildman–Crippen LogP) is 3.82. The number of amides is 1. The van der Waals surface area contributed by atoms with Crippen LogP contribution in [-0.2, 0) is 22.7 Å². The van der Waals surface area contributed by atoms with Crippen LogP contribution in [0.4, 0.5) is 5.82 Å². The number of methoxy groups -OCH3 is 2. The zero-order valence-electron chi connectivity index (χ0n) is 15.8. The normalized spacial score (nSPS) is 12.5. The summed E-state index contributed by atoms with van der Waals surface area (Å²) in [5.74, 6) is 3.95. The fourth-order valence-electron chi connectivity index (χ4n) is 3.16. The highest BCUT2D eigenvalue weighted by atomic mass is 32.2. The smallest absolute Gasteiger partial charge is 0.229 e. The van der Waals surface area contributed by atoms with Crippen molar-refractivity contribution < 1.29 is 14.3 Å². The number of aromatic nitrogens is 2. The van der Waals surface area contributed by atoms with Crippen LogP contribution < -0.4 is 14.8 Å². The van der Waals surface area contributed by atoms with Crippen LogP contribution in [0.15, 0.2) is 48.5 Å². The molecule has 1 aromatic heterocycles. The third-order valence-electron chi connectivity index (χ3n) is 4.65. The van der Waals surface area contributed by atoms with E-state index in [9.17, 15) is 4.79 Å². The second-order valence-electron chi connectivity index (χ2n) is 6.45. The number of nitrogens with one attached hydrogen (secondary N) is 1. The monoisotopic (exact) mass is 395 g/mol. The molecule has 144 valence electrons. The van der Waals surface area contributed by atoms with Crippen molar-refractivity contribution in [2.24, 2.45) is 0 Å². The van der Waals surface area contributed by atoms with Gasteiger partial charge < -0.3 is 14.8 Å². The van der Waals surface area contributed by atoms with Crippen LogP contribution >= 0.6 is 11.8 Å². The van der Waals surface area contributed by atoms with Gasteiger partial charge in [0.15, 0.2) is 0 Å². The minimum absolute atomic E-state index is 0.0699. The summed E-state index contributed by atoms with van der Waals surface area (Å²) in [5.41, 5.74) is 3.95. The Balaban J connectivity index is 1.58. The molecule has 0 saturated heterocycles. The van der Waals surface area contributed by atoms with Crippen LogP contribution in [0.3, 0.4) is 0 Å². The standard InChI is InChI=1S/C21H21N3O3S/c1-26-16-7-3-14(4-8-16)11-20(25)22-21-18-12-28-13-19(18)23-24(21)15-5-9-17(27-2)10-6-15/h3-10H,11-13H2,1-2H3,(H,22,25). The number of hydrogen-bond acceptors (Lipinski definition) is 5. The lowest BCUT2D eigenvalue weighted by molar-refractivity contribution is -0.115. The fourth-order valence-corrected chi connectivity index (χ4v) is 4.19. The molecule has 28 heavy (non-hydrogen) atoms. The van der Waals surface area contributed by atoms with Crippen LogP contribution in [-0.4, -0.2) is 29.9 Å². The number of nitrogens with zero attached hydrogens (tertiary/aromatic N) is 2. The van der Waals surface area contributed by atoms with Crippen molar-refractivity contribution in [1.29, 1.82) is 0 Å². The Kier molecular flexibility index (Phi) is 5.25. The second-order valence-corrected chi connectivity index (χ2v) is 7.44. The topological polar surface area (TPSA) is 65.4 Å². The Morgan fingerprint density at radius 3 is 2.32 bits per heavy atom. The van der Waals surface area contributed by atoms with Crippen LogP contribution in [0.2, 0.25) is 0 Å². The van der Waals surface area contributed by atoms with Crippen molar-refractivity contribution >= 4 is 23.5 Å². The maximum atomic E-state index is 12.7. The van der Waals surface area contributed by atoms with E-state index < -0.39 is 0 Å². The molecule has 1 aliphatic heterocycles. The van der Waals surface area contributed by atoms with Gasteiger partial charge in [0.05, 0.1) is 32.0 Å². The Morgan fingerprint density at radius 1 is 1.04 bits per heavy atom. The Bertz CT molecular complexity index is 981. The van der Waals surface area contributed by atoms with Crippen LogP contribution in [0.25, 0.3) is 5.69 Å². The molecule has 0 unspecified atom stereocenters. The number of benzene rings is 2. The number of anilines is 1. The van der Waals surface area contributed by atoms with Gasteiger partial charge in [-0.15, -0.1) is 0 Å². The number of hydrogen-bond donors (Lipinski definition) is 1. The lowest BCUT2D eigenvalue weighted by atomic mass is 10.1. The first kappa shape index (κ1) is 18.4. The lowest BCUT2D eigenvalue weighted by Crippen LogP contribution is -2.18. The lowest BCUT2D eigenvalue weighted by Gasteiger charge is -2.12. The van der Waals surface area contributed by atoms with Crippen LogP contribution in [0.5, 0.6) is 11.5 Å². The molecular weight excluding hydrogens is 374 g/mol. The maximum absolute atomic E-state index is 12.7. The molecule has 7 heteroatoms. The Labute approximate surface area is 167 Å². The van der Waals surface area contributed by atoms with Crippen molar-refractivity contribution in [3.63, 3.8) is 0 Å². The molecule has 0 bridgehead atoms. The summed E-state index contributed by atoms with van der Waals surface area (Å²) < 4.78 is 12.2. The molecule has 3 aromatic rings. The van der Waals surface area contributed by atoms with Gasteiger partial charge in [0.2, 0.25) is 5.91 Å². The molecule has 1 N–H and O–H groups in total. The van der Waals surface area contributed by atoms with Gasteiger partial charge in [-0.25, -0.2) is 4.68 Å². The van der Waals surface area contributed by atoms with E-state index in [0.29, 0.717) is 6.42 Å². The number of carbonyl (C=O) groups excluding carboxylic acids is 1. The van der Waals surface area contributed by atoms with E-state index in [4.69, 9.17) is 14.6 Å². The SMILES string of the molecule is COc1ccc(CC(=O)Nc2c3c(nn2-c2ccc(OC)cc2)CSC3)cc1. The van der Waals surface area contributed by atoms with Gasteiger partial charge in [0, 0.05) is 17.1 Å². The predicted molar refractivity (Wildman–Crippen MR) is 110 cm³/mol. The summed E-state index contributed by atoms with van der Waals surface area (Å²) in [7, 11) is 3.26. The van der Waals surface area contributed by atoms with E-state index >= 15 is 0 Å². The van der Waals surface area contributed by atoms with E-state index in [0.717, 1.165) is 51.3 Å². The van der Waals surface area contributed by atoms with Gasteiger partial charge in [0.1, 0.15) is 17.3 Å². The Hall–Kier alpha value is -2.93. The van der Waals surface area contributed by atoms with Crippen LogP contribution in [0.1, 0.15) is 16.8 Å². The zero-order valence-corrected chi connectivity index (χ0v) is 16.6. The molecule has 0 spiro atoms. The molecule has 0 radical (unpaired) electrons. The highest BCUT2D eigenvalue weighted by molar-refractivity contribution is 7.98. The molecule has 0 atom stereocenters. The molecule has 1 amide bonds. The fraction of sp³-hybridized carbons (Fsp3) is 0.238. The minimum Gasteiger partial charge on any atom is -0.497 e. The second kappa shape index (κ2) is 7.98. The highest BCUT2D eigenvalue weighted by Gasteiger charge is 2.24. The summed E-state index contributed by atoms with van der Waals surface area (Å²) in [5, 5.41) is 7.80. The highest BCUT2D eigenvalue weighted by Crippen LogP contribution is 2.36. The molecule has 2 heterocycles.